The first-order valence-corrected chi connectivity index (χ1v) is 6.65. The van der Waals surface area contributed by atoms with E-state index in [2.05, 4.69) is 4.98 Å². The fourth-order valence-corrected chi connectivity index (χ4v) is 2.05. The molecule has 21 heavy (non-hydrogen) atoms. The number of rotatable bonds is 8. The van der Waals surface area contributed by atoms with Crippen LogP contribution in [0.5, 0.6) is 0 Å². The molecule has 9 nitrogen and oxygen atoms in total. The van der Waals surface area contributed by atoms with Gasteiger partial charge in [0.2, 0.25) is 12.2 Å². The number of aromatic nitrogens is 2. The topological polar surface area (TPSA) is 119 Å². The van der Waals surface area contributed by atoms with E-state index < -0.39 is 10.9 Å². The largest absolute Gasteiger partial charge is 0.481 e. The minimum Gasteiger partial charge on any atom is -0.481 e. The second-order valence-electron chi connectivity index (χ2n) is 4.94. The molecular formula is C12H16N4O5. The highest BCUT2D eigenvalue weighted by atomic mass is 16.6. The molecular weight excluding hydrogens is 280 g/mol. The van der Waals surface area contributed by atoms with E-state index in [4.69, 9.17) is 5.11 Å². The first-order valence-electron chi connectivity index (χ1n) is 6.65. The Labute approximate surface area is 120 Å². The number of imidazole rings is 1. The molecule has 1 aromatic heterocycles. The highest BCUT2D eigenvalue weighted by molar-refractivity contribution is 5.77. The predicted molar refractivity (Wildman–Crippen MR) is 70.5 cm³/mol. The van der Waals surface area contributed by atoms with Crippen LogP contribution in [0.15, 0.2) is 12.5 Å². The molecule has 1 heterocycles. The summed E-state index contributed by atoms with van der Waals surface area (Å²) >= 11 is 0. The molecule has 1 aliphatic carbocycles. The normalized spacial score (nSPS) is 13.9. The smallest absolute Gasteiger partial charge is 0.381 e. The molecule has 2 rings (SSSR count). The number of nitro groups is 1. The van der Waals surface area contributed by atoms with Crippen molar-refractivity contribution < 1.29 is 19.6 Å². The lowest BCUT2D eigenvalue weighted by Gasteiger charge is -2.21. The van der Waals surface area contributed by atoms with Crippen molar-refractivity contribution in [1.29, 1.82) is 0 Å². The molecule has 0 radical (unpaired) electrons. The van der Waals surface area contributed by atoms with Crippen LogP contribution in [0.1, 0.15) is 25.7 Å². The number of nitrogens with zero attached hydrogens (tertiary/aromatic N) is 4. The van der Waals surface area contributed by atoms with Gasteiger partial charge in [-0.3, -0.25) is 9.59 Å². The number of aryl methyl sites for hydroxylation is 1. The zero-order valence-corrected chi connectivity index (χ0v) is 11.3. The molecule has 0 aromatic carbocycles. The van der Waals surface area contributed by atoms with Gasteiger partial charge in [-0.15, -0.1) is 0 Å². The van der Waals surface area contributed by atoms with Crippen LogP contribution in [0, 0.1) is 10.1 Å². The second kappa shape index (κ2) is 6.33. The van der Waals surface area contributed by atoms with E-state index in [9.17, 15) is 19.7 Å². The third-order valence-electron chi connectivity index (χ3n) is 3.27. The Bertz CT molecular complexity index is 552. The number of hydrogen-bond acceptors (Lipinski definition) is 5. The molecule has 1 amide bonds. The van der Waals surface area contributed by atoms with E-state index in [1.165, 1.54) is 17.1 Å². The summed E-state index contributed by atoms with van der Waals surface area (Å²) in [7, 11) is 0. The molecule has 0 unspecified atom stereocenters. The van der Waals surface area contributed by atoms with Gasteiger partial charge in [0.25, 0.3) is 0 Å². The minimum absolute atomic E-state index is 0.0706. The number of carbonyl (C=O) groups excluding carboxylic acids is 1. The Hall–Kier alpha value is -2.45. The number of carbonyl (C=O) groups is 2. The number of carboxylic acids is 1. The van der Waals surface area contributed by atoms with Crippen LogP contribution in [0.2, 0.25) is 0 Å². The van der Waals surface area contributed by atoms with Crippen LogP contribution in [0.25, 0.3) is 0 Å². The van der Waals surface area contributed by atoms with E-state index in [0.717, 1.165) is 12.8 Å². The first-order chi connectivity index (χ1) is 9.97. The maximum absolute atomic E-state index is 12.1. The maximum atomic E-state index is 12.1. The average Bonchev–Trinajstić information content (AvgIpc) is 3.13. The van der Waals surface area contributed by atoms with Gasteiger partial charge < -0.3 is 24.7 Å². The van der Waals surface area contributed by atoms with Gasteiger partial charge in [-0.1, -0.05) is 0 Å². The fourth-order valence-electron chi connectivity index (χ4n) is 2.05. The zero-order valence-electron chi connectivity index (χ0n) is 11.3. The third kappa shape index (κ3) is 4.26. The summed E-state index contributed by atoms with van der Waals surface area (Å²) in [6.45, 7) is 0.499. The van der Waals surface area contributed by atoms with E-state index >= 15 is 0 Å². The van der Waals surface area contributed by atoms with Gasteiger partial charge in [-0.05, 0) is 22.7 Å². The van der Waals surface area contributed by atoms with E-state index in [0.29, 0.717) is 0 Å². The molecule has 0 atom stereocenters. The number of carboxylic acid groups (broad SMARTS) is 1. The van der Waals surface area contributed by atoms with Gasteiger partial charge in [-0.25, -0.2) is 0 Å². The molecule has 9 heteroatoms. The van der Waals surface area contributed by atoms with Crippen molar-refractivity contribution in [2.75, 3.05) is 6.54 Å². The van der Waals surface area contributed by atoms with Gasteiger partial charge in [0.1, 0.15) is 6.20 Å². The summed E-state index contributed by atoms with van der Waals surface area (Å²) in [5, 5.41) is 19.2. The minimum atomic E-state index is -0.932. The standard InChI is InChI=1S/C12H16N4O5/c17-11(15(9-1-2-9)6-4-12(18)19)3-5-14-7-10(13-8-14)16(20)21/h7-9H,1-6H2,(H,18,19). The predicted octanol–water partition coefficient (Wildman–Crippen LogP) is 0.647. The van der Waals surface area contributed by atoms with Crippen LogP contribution >= 0.6 is 0 Å². The lowest BCUT2D eigenvalue weighted by molar-refractivity contribution is -0.389. The van der Waals surface area contributed by atoms with Crippen molar-refractivity contribution >= 4 is 17.7 Å². The quantitative estimate of drug-likeness (QED) is 0.555. The molecule has 114 valence electrons. The van der Waals surface area contributed by atoms with Crippen molar-refractivity contribution in [2.45, 2.75) is 38.3 Å². The van der Waals surface area contributed by atoms with Gasteiger partial charge in [0.15, 0.2) is 0 Å². The van der Waals surface area contributed by atoms with Crippen molar-refractivity contribution in [3.05, 3.63) is 22.6 Å². The van der Waals surface area contributed by atoms with Crippen molar-refractivity contribution in [3.8, 4) is 0 Å². The Morgan fingerprint density at radius 1 is 1.48 bits per heavy atom. The van der Waals surface area contributed by atoms with Crippen LogP contribution in [-0.4, -0.2) is 48.9 Å². The number of hydrogen-bond donors (Lipinski definition) is 1. The molecule has 1 saturated carbocycles. The van der Waals surface area contributed by atoms with Crippen molar-refractivity contribution in [3.63, 3.8) is 0 Å². The summed E-state index contributed by atoms with van der Waals surface area (Å²) in [5.41, 5.74) is 0. The Morgan fingerprint density at radius 2 is 2.19 bits per heavy atom. The highest BCUT2D eigenvalue weighted by Crippen LogP contribution is 2.27. The Morgan fingerprint density at radius 3 is 2.71 bits per heavy atom. The van der Waals surface area contributed by atoms with Gasteiger partial charge >= 0.3 is 11.8 Å². The molecule has 1 N–H and O–H groups in total. The van der Waals surface area contributed by atoms with E-state index in [-0.39, 0.29) is 43.7 Å². The second-order valence-corrected chi connectivity index (χ2v) is 4.94. The van der Waals surface area contributed by atoms with Crippen molar-refractivity contribution in [1.82, 2.24) is 14.5 Å². The Kier molecular flexibility index (Phi) is 4.51. The number of amides is 1. The summed E-state index contributed by atoms with van der Waals surface area (Å²) in [4.78, 5) is 37.8. The molecule has 0 aliphatic heterocycles. The van der Waals surface area contributed by atoms with E-state index in [1.807, 2.05) is 0 Å². The molecule has 1 aromatic rings. The maximum Gasteiger partial charge on any atom is 0.381 e. The van der Waals surface area contributed by atoms with Crippen molar-refractivity contribution in [2.24, 2.45) is 0 Å². The van der Waals surface area contributed by atoms with Crippen LogP contribution in [0.3, 0.4) is 0 Å². The summed E-state index contributed by atoms with van der Waals surface area (Å²) in [5.74, 6) is -1.32. The summed E-state index contributed by atoms with van der Waals surface area (Å²) < 4.78 is 1.48. The third-order valence-corrected chi connectivity index (χ3v) is 3.27. The van der Waals surface area contributed by atoms with Gasteiger partial charge in [0, 0.05) is 25.6 Å². The molecule has 0 bridgehead atoms. The monoisotopic (exact) mass is 296 g/mol. The number of aliphatic carboxylic acids is 1. The van der Waals surface area contributed by atoms with Gasteiger partial charge in [0.05, 0.1) is 6.42 Å². The fraction of sp³-hybridized carbons (Fsp3) is 0.583. The SMILES string of the molecule is O=C(O)CCN(C(=O)CCn1cnc([N+](=O)[O-])c1)C1CC1. The summed E-state index contributed by atoms with van der Waals surface area (Å²) in [6, 6.07) is 0.147. The zero-order chi connectivity index (χ0) is 15.4. The molecule has 1 fully saturated rings. The van der Waals surface area contributed by atoms with Crippen LogP contribution < -0.4 is 0 Å². The van der Waals surface area contributed by atoms with E-state index in [1.54, 1.807) is 4.90 Å². The molecule has 0 saturated heterocycles. The first kappa shape index (κ1) is 14.9. The summed E-state index contributed by atoms with van der Waals surface area (Å²) in [6.07, 6.45) is 4.49. The molecule has 0 spiro atoms. The van der Waals surface area contributed by atoms with Crippen LogP contribution in [0.4, 0.5) is 5.82 Å². The lowest BCUT2D eigenvalue weighted by Crippen LogP contribution is -2.35. The lowest BCUT2D eigenvalue weighted by atomic mass is 10.3. The highest BCUT2D eigenvalue weighted by Gasteiger charge is 2.32. The Balaban J connectivity index is 1.86. The van der Waals surface area contributed by atoms with Gasteiger partial charge in [-0.2, -0.15) is 0 Å². The average molecular weight is 296 g/mol. The van der Waals surface area contributed by atoms with Crippen LogP contribution in [-0.2, 0) is 16.1 Å². The molecule has 1 aliphatic rings.